The topological polar surface area (TPSA) is 58.0 Å². The third kappa shape index (κ3) is 3.76. The van der Waals surface area contributed by atoms with Crippen LogP contribution in [0.4, 0.5) is 5.82 Å². The molecule has 4 nitrogen and oxygen atoms in total. The van der Waals surface area contributed by atoms with Crippen LogP contribution in [0, 0.1) is 0 Å². The van der Waals surface area contributed by atoms with Gasteiger partial charge in [-0.05, 0) is 36.0 Å². The number of benzene rings is 2. The molecule has 2 aromatic heterocycles. The normalized spacial score (nSPS) is 14.1. The highest BCUT2D eigenvalue weighted by Gasteiger charge is 2.22. The van der Waals surface area contributed by atoms with Crippen molar-refractivity contribution in [3.8, 4) is 0 Å². The maximum absolute atomic E-state index is 10.6. The number of aromatic nitrogens is 2. The number of hydrogen-bond acceptors (Lipinski definition) is 5. The van der Waals surface area contributed by atoms with E-state index in [2.05, 4.69) is 17.4 Å². The lowest BCUT2D eigenvalue weighted by Crippen LogP contribution is -2.14. The van der Waals surface area contributed by atoms with Gasteiger partial charge in [0, 0.05) is 17.8 Å². The molecule has 1 aliphatic carbocycles. The summed E-state index contributed by atoms with van der Waals surface area (Å²) in [6.07, 6.45) is 3.55. The number of thiophene rings is 1. The van der Waals surface area contributed by atoms with Crippen LogP contribution >= 0.6 is 11.3 Å². The zero-order valence-electron chi connectivity index (χ0n) is 16.1. The first-order valence-electron chi connectivity index (χ1n) is 10.1. The summed E-state index contributed by atoms with van der Waals surface area (Å²) < 4.78 is 0. The van der Waals surface area contributed by atoms with Gasteiger partial charge in [0.2, 0.25) is 0 Å². The van der Waals surface area contributed by atoms with Crippen molar-refractivity contribution in [2.75, 3.05) is 11.9 Å². The molecule has 2 aromatic carbocycles. The number of aliphatic hydroxyl groups excluding tert-OH is 1. The van der Waals surface area contributed by atoms with Gasteiger partial charge < -0.3 is 10.4 Å². The van der Waals surface area contributed by atoms with E-state index < -0.39 is 6.10 Å². The van der Waals surface area contributed by atoms with Gasteiger partial charge in [0.05, 0.1) is 11.5 Å². The maximum atomic E-state index is 10.6. The minimum Gasteiger partial charge on any atom is -0.387 e. The fourth-order valence-corrected chi connectivity index (χ4v) is 5.29. The summed E-state index contributed by atoms with van der Waals surface area (Å²) >= 11 is 1.80. The van der Waals surface area contributed by atoms with E-state index in [1.54, 1.807) is 11.3 Å². The second kappa shape index (κ2) is 7.93. The molecule has 0 spiro atoms. The van der Waals surface area contributed by atoms with E-state index in [-0.39, 0.29) is 0 Å². The van der Waals surface area contributed by atoms with E-state index >= 15 is 0 Å². The van der Waals surface area contributed by atoms with Crippen molar-refractivity contribution >= 4 is 27.4 Å². The van der Waals surface area contributed by atoms with E-state index in [4.69, 9.17) is 9.97 Å². The van der Waals surface area contributed by atoms with Crippen LogP contribution in [0.2, 0.25) is 0 Å². The van der Waals surface area contributed by atoms with Crippen LogP contribution in [-0.4, -0.2) is 21.6 Å². The molecule has 0 radical (unpaired) electrons. The van der Waals surface area contributed by atoms with Gasteiger partial charge in [0.1, 0.15) is 16.5 Å². The summed E-state index contributed by atoms with van der Waals surface area (Å²) in [7, 11) is 0. The molecule has 2 heterocycles. The number of fused-ring (bicyclic) bond motifs is 3. The van der Waals surface area contributed by atoms with Gasteiger partial charge in [-0.2, -0.15) is 0 Å². The molecular weight excluding hydrogens is 378 g/mol. The molecule has 1 unspecified atom stereocenters. The second-order valence-electron chi connectivity index (χ2n) is 7.50. The summed E-state index contributed by atoms with van der Waals surface area (Å²) in [4.78, 5) is 12.3. The van der Waals surface area contributed by atoms with Crippen LogP contribution in [-0.2, 0) is 19.3 Å². The molecule has 0 bridgehead atoms. The van der Waals surface area contributed by atoms with Crippen LogP contribution < -0.4 is 5.32 Å². The summed E-state index contributed by atoms with van der Waals surface area (Å²) in [5.41, 5.74) is 3.50. The largest absolute Gasteiger partial charge is 0.387 e. The summed E-state index contributed by atoms with van der Waals surface area (Å²) in [6.45, 7) is 0.422. The van der Waals surface area contributed by atoms with Crippen molar-refractivity contribution in [1.29, 1.82) is 0 Å². The molecule has 5 rings (SSSR count). The molecule has 2 N–H and O–H groups in total. The predicted octanol–water partition coefficient (Wildman–Crippen LogP) is 4.92. The number of nitrogens with one attached hydrogen (secondary N) is 1. The van der Waals surface area contributed by atoms with Gasteiger partial charge in [0.15, 0.2) is 0 Å². The van der Waals surface area contributed by atoms with Crippen molar-refractivity contribution in [2.24, 2.45) is 0 Å². The van der Waals surface area contributed by atoms with Gasteiger partial charge in [0.25, 0.3) is 0 Å². The smallest absolute Gasteiger partial charge is 0.138 e. The first-order chi connectivity index (χ1) is 14.3. The van der Waals surface area contributed by atoms with E-state index in [1.165, 1.54) is 22.4 Å². The number of rotatable bonds is 6. The van der Waals surface area contributed by atoms with E-state index in [1.807, 2.05) is 48.5 Å². The molecule has 1 atom stereocenters. The SMILES string of the molecule is OC(CNc1nc(Cc2ccccc2)nc2sc3c(c12)CCC3)c1ccccc1. The Balaban J connectivity index is 1.48. The fraction of sp³-hybridized carbons (Fsp3) is 0.250. The van der Waals surface area contributed by atoms with Gasteiger partial charge >= 0.3 is 0 Å². The molecule has 0 amide bonds. The van der Waals surface area contributed by atoms with Crippen LogP contribution in [0.5, 0.6) is 0 Å². The van der Waals surface area contributed by atoms with Crippen LogP contribution in [0.15, 0.2) is 60.7 Å². The highest BCUT2D eigenvalue weighted by molar-refractivity contribution is 7.19. The second-order valence-corrected chi connectivity index (χ2v) is 8.58. The molecule has 5 heteroatoms. The predicted molar refractivity (Wildman–Crippen MR) is 119 cm³/mol. The Morgan fingerprint density at radius 2 is 1.72 bits per heavy atom. The third-order valence-corrected chi connectivity index (χ3v) is 6.65. The lowest BCUT2D eigenvalue weighted by Gasteiger charge is -2.14. The van der Waals surface area contributed by atoms with Crippen molar-refractivity contribution in [1.82, 2.24) is 9.97 Å². The first-order valence-corrected chi connectivity index (χ1v) is 10.9. The van der Waals surface area contributed by atoms with E-state index in [9.17, 15) is 5.11 Å². The fourth-order valence-electron chi connectivity index (χ4n) is 4.01. The molecule has 146 valence electrons. The van der Waals surface area contributed by atoms with E-state index in [0.29, 0.717) is 13.0 Å². The standard InChI is InChI=1S/C24H23N3OS/c28-19(17-10-5-2-6-11-17)15-25-23-22-18-12-7-13-20(18)29-24(22)27-21(26-23)14-16-8-3-1-4-9-16/h1-6,8-11,19,28H,7,12-15H2,(H,25,26,27). The van der Waals surface area contributed by atoms with Gasteiger partial charge in [-0.1, -0.05) is 60.7 Å². The van der Waals surface area contributed by atoms with Crippen molar-refractivity contribution < 1.29 is 5.11 Å². The van der Waals surface area contributed by atoms with E-state index in [0.717, 1.165) is 40.3 Å². The van der Waals surface area contributed by atoms with Crippen molar-refractivity contribution in [3.05, 3.63) is 88.1 Å². The van der Waals surface area contributed by atoms with Crippen LogP contribution in [0.25, 0.3) is 10.2 Å². The number of anilines is 1. The minimum atomic E-state index is -0.578. The summed E-state index contributed by atoms with van der Waals surface area (Å²) in [6, 6.07) is 20.1. The zero-order chi connectivity index (χ0) is 19.6. The molecular formula is C24H23N3OS. The minimum absolute atomic E-state index is 0.422. The maximum Gasteiger partial charge on any atom is 0.138 e. The highest BCUT2D eigenvalue weighted by atomic mass is 32.1. The average molecular weight is 402 g/mol. The number of hydrogen-bond donors (Lipinski definition) is 2. The molecule has 4 aromatic rings. The molecule has 0 fully saturated rings. The molecule has 0 saturated heterocycles. The lowest BCUT2D eigenvalue weighted by molar-refractivity contribution is 0.191. The Kier molecular flexibility index (Phi) is 5.00. The summed E-state index contributed by atoms with van der Waals surface area (Å²) in [5.74, 6) is 1.68. The van der Waals surface area contributed by atoms with Gasteiger partial charge in [-0.15, -0.1) is 11.3 Å². The van der Waals surface area contributed by atoms with Gasteiger partial charge in [-0.3, -0.25) is 0 Å². The molecule has 0 saturated carbocycles. The Bertz CT molecular complexity index is 1130. The van der Waals surface area contributed by atoms with Crippen LogP contribution in [0.3, 0.4) is 0 Å². The zero-order valence-corrected chi connectivity index (χ0v) is 17.0. The number of aryl methyl sites for hydroxylation is 2. The number of aliphatic hydroxyl groups is 1. The number of nitrogens with zero attached hydrogens (tertiary/aromatic N) is 2. The lowest BCUT2D eigenvalue weighted by atomic mass is 10.1. The molecule has 0 aliphatic heterocycles. The third-order valence-electron chi connectivity index (χ3n) is 5.46. The Labute approximate surface area is 174 Å². The Morgan fingerprint density at radius 1 is 0.966 bits per heavy atom. The molecule has 1 aliphatic rings. The van der Waals surface area contributed by atoms with Crippen LogP contribution in [0.1, 0.15) is 39.9 Å². The Hall–Kier alpha value is -2.76. The molecule has 29 heavy (non-hydrogen) atoms. The first kappa shape index (κ1) is 18.3. The quantitative estimate of drug-likeness (QED) is 0.482. The summed E-state index contributed by atoms with van der Waals surface area (Å²) in [5, 5.41) is 15.2. The van der Waals surface area contributed by atoms with Gasteiger partial charge in [-0.25, -0.2) is 9.97 Å². The van der Waals surface area contributed by atoms with Crippen molar-refractivity contribution in [2.45, 2.75) is 31.8 Å². The van der Waals surface area contributed by atoms with Crippen molar-refractivity contribution in [3.63, 3.8) is 0 Å². The average Bonchev–Trinajstić information content (AvgIpc) is 3.34. The highest BCUT2D eigenvalue weighted by Crippen LogP contribution is 2.39. The monoisotopic (exact) mass is 401 g/mol. The Morgan fingerprint density at radius 3 is 2.52 bits per heavy atom.